The maximum atomic E-state index is 12.2. The molecule has 0 fully saturated rings. The Labute approximate surface area is 164 Å². The van der Waals surface area contributed by atoms with Gasteiger partial charge in [-0.1, -0.05) is 23.4 Å². The number of ether oxygens (including phenoxy) is 1. The molecule has 3 rings (SSSR count). The lowest BCUT2D eigenvalue weighted by atomic mass is 10.1. The minimum Gasteiger partial charge on any atom is -0.492 e. The van der Waals surface area contributed by atoms with E-state index in [1.54, 1.807) is 31.3 Å². The van der Waals surface area contributed by atoms with Crippen LogP contribution in [0.5, 0.6) is 5.75 Å². The minimum absolute atomic E-state index is 0.0779. The fraction of sp³-hybridized carbons (Fsp3) is 0.316. The Balaban J connectivity index is 1.56. The SMILES string of the molecule is Cc1cc(-c2cnc(C)nc2CCNS(=O)(=O)CCOc2ccccc2)on1. The van der Waals surface area contributed by atoms with Crippen molar-refractivity contribution in [2.45, 2.75) is 20.3 Å². The van der Waals surface area contributed by atoms with E-state index in [2.05, 4.69) is 19.8 Å². The van der Waals surface area contributed by atoms with Crippen LogP contribution in [0, 0.1) is 13.8 Å². The van der Waals surface area contributed by atoms with Crippen LogP contribution in [-0.2, 0) is 16.4 Å². The van der Waals surface area contributed by atoms with Gasteiger partial charge in [-0.3, -0.25) is 0 Å². The van der Waals surface area contributed by atoms with Gasteiger partial charge in [-0.2, -0.15) is 0 Å². The quantitative estimate of drug-likeness (QED) is 0.585. The van der Waals surface area contributed by atoms with E-state index in [1.165, 1.54) is 0 Å². The smallest absolute Gasteiger partial charge is 0.214 e. The summed E-state index contributed by atoms with van der Waals surface area (Å²) in [5, 5.41) is 3.88. The number of benzene rings is 1. The Bertz CT molecular complexity index is 1020. The largest absolute Gasteiger partial charge is 0.492 e. The first-order chi connectivity index (χ1) is 13.4. The molecule has 28 heavy (non-hydrogen) atoms. The van der Waals surface area contributed by atoms with Crippen LogP contribution in [0.2, 0.25) is 0 Å². The molecule has 1 N–H and O–H groups in total. The zero-order valence-corrected chi connectivity index (χ0v) is 16.6. The number of hydrogen-bond acceptors (Lipinski definition) is 7. The number of aromatic nitrogens is 3. The summed E-state index contributed by atoms with van der Waals surface area (Å²) < 4.78 is 37.7. The summed E-state index contributed by atoms with van der Waals surface area (Å²) in [4.78, 5) is 8.62. The van der Waals surface area contributed by atoms with E-state index in [9.17, 15) is 8.42 Å². The number of nitrogens with one attached hydrogen (secondary N) is 1. The molecule has 2 aromatic heterocycles. The van der Waals surface area contributed by atoms with Gasteiger partial charge in [0.15, 0.2) is 5.76 Å². The summed E-state index contributed by atoms with van der Waals surface area (Å²) >= 11 is 0. The predicted molar refractivity (Wildman–Crippen MR) is 104 cm³/mol. The van der Waals surface area contributed by atoms with Gasteiger partial charge in [0, 0.05) is 25.2 Å². The molecule has 0 saturated carbocycles. The molecule has 0 spiro atoms. The summed E-state index contributed by atoms with van der Waals surface area (Å²) in [5.41, 5.74) is 2.16. The van der Waals surface area contributed by atoms with E-state index in [1.807, 2.05) is 25.1 Å². The van der Waals surface area contributed by atoms with Gasteiger partial charge in [-0.05, 0) is 26.0 Å². The van der Waals surface area contributed by atoms with E-state index >= 15 is 0 Å². The van der Waals surface area contributed by atoms with Gasteiger partial charge < -0.3 is 9.26 Å². The monoisotopic (exact) mass is 402 g/mol. The first kappa shape index (κ1) is 20.0. The Morgan fingerprint density at radius 1 is 1.18 bits per heavy atom. The van der Waals surface area contributed by atoms with Crippen molar-refractivity contribution in [2.75, 3.05) is 18.9 Å². The van der Waals surface area contributed by atoms with Crippen molar-refractivity contribution in [3.05, 3.63) is 59.8 Å². The van der Waals surface area contributed by atoms with Gasteiger partial charge >= 0.3 is 0 Å². The summed E-state index contributed by atoms with van der Waals surface area (Å²) in [5.74, 6) is 1.68. The lowest BCUT2D eigenvalue weighted by molar-refractivity contribution is 0.340. The molecule has 2 heterocycles. The Hall–Kier alpha value is -2.78. The van der Waals surface area contributed by atoms with Crippen molar-refractivity contribution in [2.24, 2.45) is 0 Å². The van der Waals surface area contributed by atoms with Gasteiger partial charge in [0.2, 0.25) is 10.0 Å². The molecule has 0 unspecified atom stereocenters. The van der Waals surface area contributed by atoms with Crippen LogP contribution in [0.3, 0.4) is 0 Å². The number of hydrogen-bond donors (Lipinski definition) is 1. The Morgan fingerprint density at radius 2 is 1.96 bits per heavy atom. The topological polar surface area (TPSA) is 107 Å². The number of rotatable bonds is 9. The molecule has 0 amide bonds. The van der Waals surface area contributed by atoms with E-state index < -0.39 is 10.0 Å². The molecule has 148 valence electrons. The zero-order valence-electron chi connectivity index (χ0n) is 15.8. The van der Waals surface area contributed by atoms with Crippen LogP contribution in [0.4, 0.5) is 0 Å². The lowest BCUT2D eigenvalue weighted by Crippen LogP contribution is -2.31. The standard InChI is InChI=1S/C19H22N4O4S/c1-14-12-19(27-23-14)17-13-20-15(2)22-18(17)8-9-21-28(24,25)11-10-26-16-6-4-3-5-7-16/h3-7,12-13,21H,8-11H2,1-2H3. The zero-order chi connectivity index (χ0) is 20.0. The molecule has 3 aromatic rings. The molecule has 0 saturated heterocycles. The summed E-state index contributed by atoms with van der Waals surface area (Å²) in [6, 6.07) is 10.9. The van der Waals surface area contributed by atoms with E-state index in [-0.39, 0.29) is 18.9 Å². The minimum atomic E-state index is -3.46. The van der Waals surface area contributed by atoms with Crippen molar-refractivity contribution in [3.63, 3.8) is 0 Å². The highest BCUT2D eigenvalue weighted by molar-refractivity contribution is 7.89. The molecule has 0 aliphatic rings. The molecule has 1 aromatic carbocycles. The van der Waals surface area contributed by atoms with Crippen LogP contribution in [0.1, 0.15) is 17.2 Å². The molecular formula is C19H22N4O4S. The van der Waals surface area contributed by atoms with Gasteiger partial charge in [0.1, 0.15) is 18.2 Å². The average molecular weight is 402 g/mol. The predicted octanol–water partition coefficient (Wildman–Crippen LogP) is 2.29. The van der Waals surface area contributed by atoms with Crippen LogP contribution in [0.15, 0.2) is 47.1 Å². The van der Waals surface area contributed by atoms with Crippen molar-refractivity contribution in [1.29, 1.82) is 0 Å². The Kier molecular flexibility index (Phi) is 6.37. The van der Waals surface area contributed by atoms with Gasteiger partial charge in [-0.15, -0.1) is 0 Å². The third kappa shape index (κ3) is 5.61. The average Bonchev–Trinajstić information content (AvgIpc) is 3.08. The maximum Gasteiger partial charge on any atom is 0.214 e. The molecule has 0 aliphatic carbocycles. The molecule has 0 radical (unpaired) electrons. The second-order valence-corrected chi connectivity index (χ2v) is 8.16. The van der Waals surface area contributed by atoms with Crippen molar-refractivity contribution >= 4 is 10.0 Å². The van der Waals surface area contributed by atoms with Crippen LogP contribution < -0.4 is 9.46 Å². The van der Waals surface area contributed by atoms with E-state index in [0.29, 0.717) is 35.0 Å². The lowest BCUT2D eigenvalue weighted by Gasteiger charge is -2.10. The highest BCUT2D eigenvalue weighted by Gasteiger charge is 2.15. The van der Waals surface area contributed by atoms with Crippen molar-refractivity contribution in [1.82, 2.24) is 19.8 Å². The van der Waals surface area contributed by atoms with Crippen molar-refractivity contribution in [3.8, 4) is 17.1 Å². The number of para-hydroxylation sites is 1. The fourth-order valence-corrected chi connectivity index (χ4v) is 3.45. The second kappa shape index (κ2) is 8.94. The maximum absolute atomic E-state index is 12.2. The summed E-state index contributed by atoms with van der Waals surface area (Å²) in [6.07, 6.45) is 2.07. The van der Waals surface area contributed by atoms with Gasteiger partial charge in [-0.25, -0.2) is 23.1 Å². The molecule has 0 bridgehead atoms. The molecule has 0 aliphatic heterocycles. The van der Waals surface area contributed by atoms with Crippen LogP contribution >= 0.6 is 0 Å². The van der Waals surface area contributed by atoms with Crippen LogP contribution in [0.25, 0.3) is 11.3 Å². The summed E-state index contributed by atoms with van der Waals surface area (Å²) in [7, 11) is -3.46. The molecule has 9 heteroatoms. The normalized spacial score (nSPS) is 11.5. The number of nitrogens with zero attached hydrogens (tertiary/aromatic N) is 3. The third-order valence-electron chi connectivity index (χ3n) is 3.93. The van der Waals surface area contributed by atoms with Gasteiger partial charge in [0.25, 0.3) is 0 Å². The van der Waals surface area contributed by atoms with E-state index in [4.69, 9.17) is 9.26 Å². The molecule has 8 nitrogen and oxygen atoms in total. The van der Waals surface area contributed by atoms with E-state index in [0.717, 1.165) is 5.69 Å². The Morgan fingerprint density at radius 3 is 2.68 bits per heavy atom. The molecular weight excluding hydrogens is 380 g/mol. The number of aryl methyl sites for hydroxylation is 2. The highest BCUT2D eigenvalue weighted by Crippen LogP contribution is 2.23. The summed E-state index contributed by atoms with van der Waals surface area (Å²) in [6.45, 7) is 3.90. The number of sulfonamides is 1. The second-order valence-electron chi connectivity index (χ2n) is 6.23. The van der Waals surface area contributed by atoms with Crippen molar-refractivity contribution < 1.29 is 17.7 Å². The fourth-order valence-electron chi connectivity index (χ4n) is 2.59. The third-order valence-corrected chi connectivity index (χ3v) is 5.28. The first-order valence-corrected chi connectivity index (χ1v) is 10.5. The molecule has 0 atom stereocenters. The van der Waals surface area contributed by atoms with Gasteiger partial charge in [0.05, 0.1) is 22.7 Å². The van der Waals surface area contributed by atoms with Crippen LogP contribution in [-0.4, -0.2) is 42.4 Å². The first-order valence-electron chi connectivity index (χ1n) is 8.84. The highest BCUT2D eigenvalue weighted by atomic mass is 32.2.